The Morgan fingerprint density at radius 1 is 1.41 bits per heavy atom. The summed E-state index contributed by atoms with van der Waals surface area (Å²) in [4.78, 5) is 1.01. The van der Waals surface area contributed by atoms with E-state index in [2.05, 4.69) is 41.2 Å². The molecule has 0 saturated carbocycles. The predicted molar refractivity (Wildman–Crippen MR) is 75.7 cm³/mol. The second-order valence-electron chi connectivity index (χ2n) is 4.34. The molecule has 3 unspecified atom stereocenters. The molecule has 1 N–H and O–H groups in total. The van der Waals surface area contributed by atoms with Crippen LogP contribution in [0.4, 0.5) is 0 Å². The first kappa shape index (κ1) is 13.2. The van der Waals surface area contributed by atoms with Crippen LogP contribution < -0.4 is 5.32 Å². The van der Waals surface area contributed by atoms with Crippen molar-refractivity contribution in [2.45, 2.75) is 42.9 Å². The maximum Gasteiger partial charge on any atom is 0.0590 e. The first-order valence-corrected chi connectivity index (χ1v) is 8.13. The quantitative estimate of drug-likeness (QED) is 0.922. The van der Waals surface area contributed by atoms with Gasteiger partial charge in [0, 0.05) is 15.4 Å². The third-order valence-electron chi connectivity index (χ3n) is 3.17. The molecule has 4 heteroatoms. The van der Waals surface area contributed by atoms with Gasteiger partial charge in [0.15, 0.2) is 0 Å². The molecule has 1 aromatic carbocycles. The van der Waals surface area contributed by atoms with Gasteiger partial charge in [-0.3, -0.25) is 4.21 Å². The van der Waals surface area contributed by atoms with Crippen LogP contribution in [0.1, 0.15) is 38.3 Å². The van der Waals surface area contributed by atoms with E-state index in [-0.39, 0.29) is 11.3 Å². The SMILES string of the molecule is CCCC1C(NCC)c2cc(Br)ccc2S1=O. The monoisotopic (exact) mass is 315 g/mol. The Morgan fingerprint density at radius 3 is 2.82 bits per heavy atom. The lowest BCUT2D eigenvalue weighted by atomic mass is 10.0. The third-order valence-corrected chi connectivity index (χ3v) is 5.52. The number of halogens is 1. The van der Waals surface area contributed by atoms with Gasteiger partial charge in [-0.2, -0.15) is 0 Å². The minimum atomic E-state index is -0.859. The minimum Gasteiger partial charge on any atom is -0.309 e. The smallest absolute Gasteiger partial charge is 0.0590 e. The van der Waals surface area contributed by atoms with Gasteiger partial charge in [-0.1, -0.05) is 36.2 Å². The summed E-state index contributed by atoms with van der Waals surface area (Å²) in [5.41, 5.74) is 1.21. The summed E-state index contributed by atoms with van der Waals surface area (Å²) in [6.45, 7) is 5.16. The van der Waals surface area contributed by atoms with Crippen LogP contribution in [-0.2, 0) is 10.8 Å². The second-order valence-corrected chi connectivity index (χ2v) is 6.90. The molecule has 0 radical (unpaired) electrons. The highest BCUT2D eigenvalue weighted by Crippen LogP contribution is 2.39. The van der Waals surface area contributed by atoms with Gasteiger partial charge in [-0.05, 0) is 36.7 Å². The molecule has 0 bridgehead atoms. The second kappa shape index (κ2) is 5.63. The van der Waals surface area contributed by atoms with E-state index in [1.54, 1.807) is 0 Å². The summed E-state index contributed by atoms with van der Waals surface area (Å²) in [6, 6.07) is 6.33. The number of rotatable bonds is 4. The fraction of sp³-hybridized carbons (Fsp3) is 0.538. The molecule has 17 heavy (non-hydrogen) atoms. The highest BCUT2D eigenvalue weighted by atomic mass is 79.9. The van der Waals surface area contributed by atoms with Gasteiger partial charge in [0.2, 0.25) is 0 Å². The highest BCUT2D eigenvalue weighted by molar-refractivity contribution is 9.10. The molecule has 0 aliphatic carbocycles. The molecular weight excluding hydrogens is 298 g/mol. The van der Waals surface area contributed by atoms with E-state index in [1.165, 1.54) is 5.56 Å². The highest BCUT2D eigenvalue weighted by Gasteiger charge is 2.37. The fourth-order valence-corrected chi connectivity index (χ4v) is 4.72. The van der Waals surface area contributed by atoms with Gasteiger partial charge in [-0.25, -0.2) is 0 Å². The first-order chi connectivity index (χ1) is 8.19. The molecule has 2 nitrogen and oxygen atoms in total. The maximum absolute atomic E-state index is 12.4. The molecule has 1 aliphatic rings. The van der Waals surface area contributed by atoms with Crippen LogP contribution >= 0.6 is 15.9 Å². The van der Waals surface area contributed by atoms with Crippen molar-refractivity contribution in [3.05, 3.63) is 28.2 Å². The van der Waals surface area contributed by atoms with Gasteiger partial charge in [0.05, 0.1) is 16.0 Å². The van der Waals surface area contributed by atoms with Gasteiger partial charge >= 0.3 is 0 Å². The van der Waals surface area contributed by atoms with E-state index in [1.807, 2.05) is 12.1 Å². The lowest BCUT2D eigenvalue weighted by Crippen LogP contribution is -2.29. The number of hydrogen-bond donors (Lipinski definition) is 1. The molecular formula is C13H18BrNOS. The topological polar surface area (TPSA) is 29.1 Å². The van der Waals surface area contributed by atoms with Crippen LogP contribution in [0.2, 0.25) is 0 Å². The number of hydrogen-bond acceptors (Lipinski definition) is 2. The molecule has 0 amide bonds. The molecule has 0 fully saturated rings. The molecule has 0 saturated heterocycles. The molecule has 2 rings (SSSR count). The number of nitrogens with one attached hydrogen (secondary N) is 1. The molecule has 3 atom stereocenters. The summed E-state index contributed by atoms with van der Waals surface area (Å²) < 4.78 is 13.5. The van der Waals surface area contributed by atoms with Crippen molar-refractivity contribution < 1.29 is 4.21 Å². The standard InChI is InChI=1S/C13H18BrNOS/c1-3-5-12-13(15-4-2)10-8-9(14)6-7-11(10)17(12)16/h6-8,12-13,15H,3-5H2,1-2H3. The van der Waals surface area contributed by atoms with E-state index >= 15 is 0 Å². The summed E-state index contributed by atoms with van der Waals surface area (Å²) in [6.07, 6.45) is 2.09. The Bertz CT molecular complexity index is 435. The van der Waals surface area contributed by atoms with Gasteiger partial charge < -0.3 is 5.32 Å². The predicted octanol–water partition coefficient (Wildman–Crippen LogP) is 3.39. The van der Waals surface area contributed by atoms with Crippen LogP contribution in [0.5, 0.6) is 0 Å². The number of fused-ring (bicyclic) bond motifs is 1. The first-order valence-electron chi connectivity index (χ1n) is 6.12. The van der Waals surface area contributed by atoms with Crippen molar-refractivity contribution >= 4 is 26.7 Å². The molecule has 1 aromatic rings. The zero-order chi connectivity index (χ0) is 12.4. The van der Waals surface area contributed by atoms with Crippen LogP contribution in [0.15, 0.2) is 27.6 Å². The Labute approximate surface area is 114 Å². The van der Waals surface area contributed by atoms with E-state index in [9.17, 15) is 4.21 Å². The molecule has 1 heterocycles. The third kappa shape index (κ3) is 2.49. The summed E-state index contributed by atoms with van der Waals surface area (Å²) in [5, 5.41) is 3.71. The van der Waals surface area contributed by atoms with Crippen molar-refractivity contribution in [2.75, 3.05) is 6.54 Å². The van der Waals surface area contributed by atoms with Crippen LogP contribution in [-0.4, -0.2) is 16.0 Å². The zero-order valence-electron chi connectivity index (χ0n) is 10.2. The van der Waals surface area contributed by atoms with Crippen molar-refractivity contribution in [3.8, 4) is 0 Å². The van der Waals surface area contributed by atoms with Gasteiger partial charge in [0.1, 0.15) is 0 Å². The zero-order valence-corrected chi connectivity index (χ0v) is 12.6. The van der Waals surface area contributed by atoms with Gasteiger partial charge in [-0.15, -0.1) is 0 Å². The summed E-state index contributed by atoms with van der Waals surface area (Å²) in [5.74, 6) is 0. The molecule has 0 aromatic heterocycles. The fourth-order valence-electron chi connectivity index (χ4n) is 2.45. The van der Waals surface area contributed by atoms with Crippen LogP contribution in [0.25, 0.3) is 0 Å². The Balaban J connectivity index is 2.40. The molecule has 94 valence electrons. The lowest BCUT2D eigenvalue weighted by molar-refractivity contribution is 0.506. The van der Waals surface area contributed by atoms with Gasteiger partial charge in [0.25, 0.3) is 0 Å². The minimum absolute atomic E-state index is 0.226. The molecule has 1 aliphatic heterocycles. The summed E-state index contributed by atoms with van der Waals surface area (Å²) in [7, 11) is -0.859. The van der Waals surface area contributed by atoms with Crippen molar-refractivity contribution in [1.82, 2.24) is 5.32 Å². The van der Waals surface area contributed by atoms with E-state index in [4.69, 9.17) is 0 Å². The Morgan fingerprint density at radius 2 is 2.18 bits per heavy atom. The average molecular weight is 316 g/mol. The molecule has 0 spiro atoms. The van der Waals surface area contributed by atoms with E-state index < -0.39 is 10.8 Å². The maximum atomic E-state index is 12.4. The normalized spacial score (nSPS) is 27.1. The van der Waals surface area contributed by atoms with E-state index in [0.717, 1.165) is 28.8 Å². The number of benzene rings is 1. The summed E-state index contributed by atoms with van der Waals surface area (Å²) >= 11 is 3.50. The Hall–Kier alpha value is -0.190. The Kier molecular flexibility index (Phi) is 4.39. The van der Waals surface area contributed by atoms with Crippen molar-refractivity contribution in [1.29, 1.82) is 0 Å². The lowest BCUT2D eigenvalue weighted by Gasteiger charge is -2.19. The van der Waals surface area contributed by atoms with E-state index in [0.29, 0.717) is 0 Å². The van der Waals surface area contributed by atoms with Crippen molar-refractivity contribution in [2.24, 2.45) is 0 Å². The largest absolute Gasteiger partial charge is 0.309 e. The van der Waals surface area contributed by atoms with Crippen LogP contribution in [0.3, 0.4) is 0 Å². The average Bonchev–Trinajstić information content (AvgIpc) is 2.55. The van der Waals surface area contributed by atoms with Crippen LogP contribution in [0, 0.1) is 0 Å². The van der Waals surface area contributed by atoms with Crippen molar-refractivity contribution in [3.63, 3.8) is 0 Å².